The third kappa shape index (κ3) is 4.69. The molecule has 0 aliphatic rings. The molecular formula is C22H18ClN5OS. The molecule has 2 aromatic heterocycles. The molecule has 4 aromatic rings. The Hall–Kier alpha value is -3.16. The van der Waals surface area contributed by atoms with Crippen molar-refractivity contribution in [3.05, 3.63) is 89.7 Å². The van der Waals surface area contributed by atoms with Gasteiger partial charge in [-0.3, -0.25) is 14.3 Å². The standard InChI is InChI=1S/C22H18ClN5OS/c23-19-9-5-4-8-18(19)21-26-27-22(28(21)17-6-2-1-3-7-17)30-15-20(29)25-14-16-10-12-24-13-11-16/h1-13H,14-15H2,(H,25,29). The van der Waals surface area contributed by atoms with Crippen LogP contribution in [0.2, 0.25) is 5.02 Å². The number of pyridine rings is 1. The van der Waals surface area contributed by atoms with Crippen molar-refractivity contribution in [2.45, 2.75) is 11.7 Å². The molecule has 30 heavy (non-hydrogen) atoms. The first-order chi connectivity index (χ1) is 14.7. The number of hydrogen-bond donors (Lipinski definition) is 1. The van der Waals surface area contributed by atoms with Crippen molar-refractivity contribution in [1.29, 1.82) is 0 Å². The Balaban J connectivity index is 1.55. The highest BCUT2D eigenvalue weighted by Crippen LogP contribution is 2.31. The van der Waals surface area contributed by atoms with Crippen molar-refractivity contribution >= 4 is 29.3 Å². The molecule has 0 unspecified atom stereocenters. The van der Waals surface area contributed by atoms with Gasteiger partial charge in [-0.05, 0) is 42.0 Å². The van der Waals surface area contributed by atoms with Gasteiger partial charge in [0, 0.05) is 30.2 Å². The highest BCUT2D eigenvalue weighted by atomic mass is 35.5. The number of carbonyl (C=O) groups is 1. The lowest BCUT2D eigenvalue weighted by Gasteiger charge is -2.11. The maximum atomic E-state index is 12.3. The second kappa shape index (κ2) is 9.56. The number of nitrogens with zero attached hydrogens (tertiary/aromatic N) is 4. The molecule has 6 nitrogen and oxygen atoms in total. The average Bonchev–Trinajstić information content (AvgIpc) is 3.21. The number of halogens is 1. The number of hydrogen-bond acceptors (Lipinski definition) is 5. The molecule has 0 spiro atoms. The van der Waals surface area contributed by atoms with Gasteiger partial charge < -0.3 is 5.32 Å². The zero-order chi connectivity index (χ0) is 20.8. The van der Waals surface area contributed by atoms with Gasteiger partial charge in [-0.1, -0.05) is 53.7 Å². The van der Waals surface area contributed by atoms with Crippen LogP contribution in [0.15, 0.2) is 84.3 Å². The van der Waals surface area contributed by atoms with E-state index in [1.807, 2.05) is 71.3 Å². The predicted molar refractivity (Wildman–Crippen MR) is 119 cm³/mol. The molecule has 0 saturated carbocycles. The molecule has 1 amide bonds. The van der Waals surface area contributed by atoms with Crippen LogP contribution in [0.5, 0.6) is 0 Å². The molecule has 0 aliphatic heterocycles. The van der Waals surface area contributed by atoms with Crippen LogP contribution in [0.1, 0.15) is 5.56 Å². The second-order valence-electron chi connectivity index (χ2n) is 6.38. The minimum atomic E-state index is -0.0845. The summed E-state index contributed by atoms with van der Waals surface area (Å²) in [4.78, 5) is 16.3. The molecule has 4 rings (SSSR count). The molecule has 0 fully saturated rings. The number of thioether (sulfide) groups is 1. The van der Waals surface area contributed by atoms with Crippen molar-refractivity contribution < 1.29 is 4.79 Å². The molecular weight excluding hydrogens is 418 g/mol. The van der Waals surface area contributed by atoms with Crippen LogP contribution in [-0.2, 0) is 11.3 Å². The number of aromatic nitrogens is 4. The maximum absolute atomic E-state index is 12.3. The molecule has 0 bridgehead atoms. The van der Waals surface area contributed by atoms with Gasteiger partial charge in [0.05, 0.1) is 10.8 Å². The van der Waals surface area contributed by atoms with E-state index in [1.54, 1.807) is 12.4 Å². The number of nitrogens with one attached hydrogen (secondary N) is 1. The molecule has 1 N–H and O–H groups in total. The first kappa shape index (κ1) is 20.1. The fourth-order valence-corrected chi connectivity index (χ4v) is 3.87. The van der Waals surface area contributed by atoms with Crippen LogP contribution < -0.4 is 5.32 Å². The number of carbonyl (C=O) groups excluding carboxylic acids is 1. The highest BCUT2D eigenvalue weighted by Gasteiger charge is 2.18. The highest BCUT2D eigenvalue weighted by molar-refractivity contribution is 7.99. The number of benzene rings is 2. The van der Waals surface area contributed by atoms with E-state index in [0.29, 0.717) is 22.5 Å². The average molecular weight is 436 g/mol. The van der Waals surface area contributed by atoms with E-state index in [2.05, 4.69) is 20.5 Å². The summed E-state index contributed by atoms with van der Waals surface area (Å²) in [6.45, 7) is 0.457. The molecule has 0 atom stereocenters. The van der Waals surface area contributed by atoms with E-state index in [4.69, 9.17) is 11.6 Å². The Labute approximate surface area is 183 Å². The lowest BCUT2D eigenvalue weighted by Crippen LogP contribution is -2.24. The minimum absolute atomic E-state index is 0.0845. The second-order valence-corrected chi connectivity index (χ2v) is 7.73. The van der Waals surface area contributed by atoms with Gasteiger partial charge in [-0.25, -0.2) is 0 Å². The molecule has 2 heterocycles. The summed E-state index contributed by atoms with van der Waals surface area (Å²) in [6.07, 6.45) is 3.41. The summed E-state index contributed by atoms with van der Waals surface area (Å²) in [5.74, 6) is 0.767. The lowest BCUT2D eigenvalue weighted by molar-refractivity contribution is -0.118. The van der Waals surface area contributed by atoms with Crippen LogP contribution in [0.4, 0.5) is 0 Å². The Bertz CT molecular complexity index is 1130. The van der Waals surface area contributed by atoms with Crippen LogP contribution in [0.3, 0.4) is 0 Å². The SMILES string of the molecule is O=C(CSc1nnc(-c2ccccc2Cl)n1-c1ccccc1)NCc1ccncc1. The van der Waals surface area contributed by atoms with E-state index in [0.717, 1.165) is 16.8 Å². The van der Waals surface area contributed by atoms with E-state index in [1.165, 1.54) is 11.8 Å². The fourth-order valence-electron chi connectivity index (χ4n) is 2.87. The molecule has 0 aliphatic carbocycles. The lowest BCUT2D eigenvalue weighted by atomic mass is 10.2. The Morgan fingerprint density at radius 2 is 1.70 bits per heavy atom. The van der Waals surface area contributed by atoms with Crippen LogP contribution >= 0.6 is 23.4 Å². The van der Waals surface area contributed by atoms with Crippen molar-refractivity contribution in [2.24, 2.45) is 0 Å². The van der Waals surface area contributed by atoms with Crippen molar-refractivity contribution in [3.8, 4) is 17.1 Å². The van der Waals surface area contributed by atoms with Gasteiger partial charge >= 0.3 is 0 Å². The van der Waals surface area contributed by atoms with Crippen molar-refractivity contribution in [1.82, 2.24) is 25.1 Å². The molecule has 0 radical (unpaired) electrons. The Morgan fingerprint density at radius 1 is 0.967 bits per heavy atom. The fraction of sp³-hybridized carbons (Fsp3) is 0.0909. The first-order valence-electron chi connectivity index (χ1n) is 9.26. The summed E-state index contributed by atoms with van der Waals surface area (Å²) < 4.78 is 1.92. The predicted octanol–water partition coefficient (Wildman–Crippen LogP) is 4.39. The third-order valence-electron chi connectivity index (χ3n) is 4.33. The van der Waals surface area contributed by atoms with Crippen LogP contribution in [0.25, 0.3) is 17.1 Å². The largest absolute Gasteiger partial charge is 0.351 e. The molecule has 8 heteroatoms. The molecule has 150 valence electrons. The quantitative estimate of drug-likeness (QED) is 0.436. The van der Waals surface area contributed by atoms with E-state index < -0.39 is 0 Å². The molecule has 2 aromatic carbocycles. The van der Waals surface area contributed by atoms with Gasteiger partial charge in [0.15, 0.2) is 11.0 Å². The molecule has 0 saturated heterocycles. The van der Waals surface area contributed by atoms with E-state index in [-0.39, 0.29) is 11.7 Å². The zero-order valence-electron chi connectivity index (χ0n) is 15.9. The van der Waals surface area contributed by atoms with Crippen molar-refractivity contribution in [3.63, 3.8) is 0 Å². The van der Waals surface area contributed by atoms with Gasteiger partial charge in [0.25, 0.3) is 0 Å². The Morgan fingerprint density at radius 3 is 2.47 bits per heavy atom. The van der Waals surface area contributed by atoms with Gasteiger partial charge in [0.1, 0.15) is 0 Å². The van der Waals surface area contributed by atoms with Crippen molar-refractivity contribution in [2.75, 3.05) is 5.75 Å². The van der Waals surface area contributed by atoms with Gasteiger partial charge in [-0.2, -0.15) is 0 Å². The maximum Gasteiger partial charge on any atom is 0.230 e. The monoisotopic (exact) mass is 435 g/mol. The van der Waals surface area contributed by atoms with Gasteiger partial charge in [0.2, 0.25) is 5.91 Å². The summed E-state index contributed by atoms with van der Waals surface area (Å²) in [6, 6.07) is 21.0. The van der Waals surface area contributed by atoms with Crippen LogP contribution in [-0.4, -0.2) is 31.4 Å². The van der Waals surface area contributed by atoms with E-state index in [9.17, 15) is 4.79 Å². The normalized spacial score (nSPS) is 10.7. The minimum Gasteiger partial charge on any atom is -0.351 e. The third-order valence-corrected chi connectivity index (χ3v) is 5.59. The summed E-state index contributed by atoms with van der Waals surface area (Å²) in [5, 5.41) is 12.8. The summed E-state index contributed by atoms with van der Waals surface area (Å²) in [5.41, 5.74) is 2.68. The zero-order valence-corrected chi connectivity index (χ0v) is 17.5. The topological polar surface area (TPSA) is 72.7 Å². The number of rotatable bonds is 7. The number of para-hydroxylation sites is 1. The van der Waals surface area contributed by atoms with E-state index >= 15 is 0 Å². The van der Waals surface area contributed by atoms with Gasteiger partial charge in [-0.15, -0.1) is 10.2 Å². The number of amides is 1. The summed E-state index contributed by atoms with van der Waals surface area (Å²) >= 11 is 7.73. The Kier molecular flexibility index (Phi) is 6.41. The summed E-state index contributed by atoms with van der Waals surface area (Å²) in [7, 11) is 0. The van der Waals surface area contributed by atoms with Crippen LogP contribution in [0, 0.1) is 0 Å². The smallest absolute Gasteiger partial charge is 0.230 e. The first-order valence-corrected chi connectivity index (χ1v) is 10.6.